The number of nitrogens with zero attached hydrogens (tertiary/aromatic N) is 1. The van der Waals surface area contributed by atoms with Gasteiger partial charge in [-0.2, -0.15) is 0 Å². The van der Waals surface area contributed by atoms with E-state index >= 15 is 0 Å². The molecule has 1 N–H and O–H groups in total. The summed E-state index contributed by atoms with van der Waals surface area (Å²) in [5, 5.41) is 8.80. The van der Waals surface area contributed by atoms with Gasteiger partial charge >= 0.3 is 5.97 Å². The Morgan fingerprint density at radius 2 is 2.00 bits per heavy atom. The number of likely N-dealkylation sites (tertiary alicyclic amines) is 1. The van der Waals surface area contributed by atoms with Crippen molar-refractivity contribution in [1.29, 1.82) is 0 Å². The number of ether oxygens (including phenoxy) is 1. The van der Waals surface area contributed by atoms with Gasteiger partial charge in [0.05, 0.1) is 0 Å². The molecular weight excluding hydrogens is 258 g/mol. The SMILES string of the molecule is O=C(O)CCC1CCCCN1C(=O)CCC1CCOC1. The average Bonchev–Trinajstić information content (AvgIpc) is 2.96. The highest BCUT2D eigenvalue weighted by atomic mass is 16.5. The lowest BCUT2D eigenvalue weighted by Gasteiger charge is -2.36. The Morgan fingerprint density at radius 1 is 1.15 bits per heavy atom. The lowest BCUT2D eigenvalue weighted by atomic mass is 9.96. The Labute approximate surface area is 120 Å². The van der Waals surface area contributed by atoms with E-state index in [1.54, 1.807) is 0 Å². The molecule has 1 amide bonds. The molecule has 0 bridgehead atoms. The molecule has 2 rings (SSSR count). The Kier molecular flexibility index (Phi) is 5.83. The lowest BCUT2D eigenvalue weighted by Crippen LogP contribution is -2.44. The standard InChI is InChI=1S/C15H25NO4/c17-14(6-4-12-8-10-20-11-12)16-9-2-1-3-13(16)5-7-15(18)19/h12-13H,1-11H2,(H,18,19). The van der Waals surface area contributed by atoms with Crippen LogP contribution in [0.15, 0.2) is 0 Å². The first-order valence-corrected chi connectivity index (χ1v) is 7.76. The van der Waals surface area contributed by atoms with Gasteiger partial charge in [-0.25, -0.2) is 0 Å². The van der Waals surface area contributed by atoms with Crippen molar-refractivity contribution in [2.75, 3.05) is 19.8 Å². The molecule has 2 unspecified atom stereocenters. The van der Waals surface area contributed by atoms with Gasteiger partial charge < -0.3 is 14.7 Å². The molecule has 0 aromatic carbocycles. The zero-order valence-corrected chi connectivity index (χ0v) is 12.1. The molecule has 2 saturated heterocycles. The minimum Gasteiger partial charge on any atom is -0.481 e. The summed E-state index contributed by atoms with van der Waals surface area (Å²) in [7, 11) is 0. The highest BCUT2D eigenvalue weighted by Crippen LogP contribution is 2.24. The summed E-state index contributed by atoms with van der Waals surface area (Å²) in [4.78, 5) is 25.0. The van der Waals surface area contributed by atoms with Gasteiger partial charge in [-0.3, -0.25) is 9.59 Å². The van der Waals surface area contributed by atoms with Crippen molar-refractivity contribution in [2.24, 2.45) is 5.92 Å². The molecule has 2 aliphatic heterocycles. The Bertz CT molecular complexity index is 339. The molecule has 0 spiro atoms. The number of hydrogen-bond donors (Lipinski definition) is 1. The van der Waals surface area contributed by atoms with Crippen LogP contribution in [0.25, 0.3) is 0 Å². The number of carboxylic acid groups (broad SMARTS) is 1. The van der Waals surface area contributed by atoms with Crippen LogP contribution in [0.2, 0.25) is 0 Å². The molecule has 2 aliphatic rings. The second-order valence-corrected chi connectivity index (χ2v) is 5.94. The lowest BCUT2D eigenvalue weighted by molar-refractivity contribution is -0.140. The van der Waals surface area contributed by atoms with Crippen LogP contribution in [0.1, 0.15) is 51.4 Å². The number of carbonyl (C=O) groups excluding carboxylic acids is 1. The monoisotopic (exact) mass is 283 g/mol. The van der Waals surface area contributed by atoms with E-state index < -0.39 is 5.97 Å². The second-order valence-electron chi connectivity index (χ2n) is 5.94. The van der Waals surface area contributed by atoms with Gasteiger partial charge in [0.1, 0.15) is 0 Å². The predicted molar refractivity (Wildman–Crippen MR) is 74.4 cm³/mol. The molecule has 0 radical (unpaired) electrons. The maximum atomic E-state index is 12.3. The third-order valence-corrected chi connectivity index (χ3v) is 4.43. The molecule has 20 heavy (non-hydrogen) atoms. The van der Waals surface area contributed by atoms with Crippen molar-refractivity contribution in [2.45, 2.75) is 57.4 Å². The molecule has 2 heterocycles. The molecule has 0 aliphatic carbocycles. The third kappa shape index (κ3) is 4.47. The zero-order valence-electron chi connectivity index (χ0n) is 12.1. The van der Waals surface area contributed by atoms with Crippen molar-refractivity contribution in [3.8, 4) is 0 Å². The van der Waals surface area contributed by atoms with E-state index in [0.717, 1.165) is 51.9 Å². The van der Waals surface area contributed by atoms with Crippen LogP contribution in [0.4, 0.5) is 0 Å². The van der Waals surface area contributed by atoms with Crippen LogP contribution in [0.3, 0.4) is 0 Å². The maximum absolute atomic E-state index is 12.3. The number of piperidine rings is 1. The largest absolute Gasteiger partial charge is 0.481 e. The summed E-state index contributed by atoms with van der Waals surface area (Å²) in [5.41, 5.74) is 0. The Hall–Kier alpha value is -1.10. The quantitative estimate of drug-likeness (QED) is 0.810. The van der Waals surface area contributed by atoms with Crippen LogP contribution in [-0.4, -0.2) is 47.7 Å². The first-order valence-electron chi connectivity index (χ1n) is 7.76. The molecular formula is C15H25NO4. The van der Waals surface area contributed by atoms with Gasteiger partial charge in [-0.15, -0.1) is 0 Å². The van der Waals surface area contributed by atoms with Gasteiger partial charge in [0.2, 0.25) is 5.91 Å². The van der Waals surface area contributed by atoms with Crippen LogP contribution in [-0.2, 0) is 14.3 Å². The van der Waals surface area contributed by atoms with Gasteiger partial charge in [-0.1, -0.05) is 0 Å². The maximum Gasteiger partial charge on any atom is 0.303 e. The number of amides is 1. The number of carbonyl (C=O) groups is 2. The van der Waals surface area contributed by atoms with E-state index in [9.17, 15) is 9.59 Å². The first kappa shape index (κ1) is 15.3. The van der Waals surface area contributed by atoms with Crippen molar-refractivity contribution in [3.63, 3.8) is 0 Å². The molecule has 0 saturated carbocycles. The van der Waals surface area contributed by atoms with E-state index in [1.807, 2.05) is 4.90 Å². The summed E-state index contributed by atoms with van der Waals surface area (Å²) in [6.07, 6.45) is 6.39. The van der Waals surface area contributed by atoms with Crippen LogP contribution in [0, 0.1) is 5.92 Å². The second kappa shape index (κ2) is 7.62. The van der Waals surface area contributed by atoms with E-state index in [2.05, 4.69) is 0 Å². The summed E-state index contributed by atoms with van der Waals surface area (Å²) in [5.74, 6) is -0.0423. The van der Waals surface area contributed by atoms with E-state index in [0.29, 0.717) is 18.8 Å². The first-order chi connectivity index (χ1) is 9.66. The Morgan fingerprint density at radius 3 is 2.70 bits per heavy atom. The van der Waals surface area contributed by atoms with Crippen molar-refractivity contribution >= 4 is 11.9 Å². The van der Waals surface area contributed by atoms with Gasteiger partial charge in [0.25, 0.3) is 0 Å². The van der Waals surface area contributed by atoms with Crippen molar-refractivity contribution < 1.29 is 19.4 Å². The smallest absolute Gasteiger partial charge is 0.303 e. The number of rotatable bonds is 6. The van der Waals surface area contributed by atoms with Crippen LogP contribution >= 0.6 is 0 Å². The van der Waals surface area contributed by atoms with Crippen LogP contribution < -0.4 is 0 Å². The highest BCUT2D eigenvalue weighted by Gasteiger charge is 2.27. The number of aliphatic carboxylic acids is 1. The van der Waals surface area contributed by atoms with E-state index in [1.165, 1.54) is 0 Å². The molecule has 0 aromatic heterocycles. The summed E-state index contributed by atoms with van der Waals surface area (Å²) >= 11 is 0. The molecule has 5 nitrogen and oxygen atoms in total. The van der Waals surface area contributed by atoms with E-state index in [4.69, 9.17) is 9.84 Å². The fourth-order valence-corrected chi connectivity index (χ4v) is 3.20. The molecule has 0 aromatic rings. The van der Waals surface area contributed by atoms with Gasteiger partial charge in [-0.05, 0) is 44.4 Å². The normalized spacial score (nSPS) is 26.7. The molecule has 2 fully saturated rings. The van der Waals surface area contributed by atoms with Crippen LogP contribution in [0.5, 0.6) is 0 Å². The third-order valence-electron chi connectivity index (χ3n) is 4.43. The predicted octanol–water partition coefficient (Wildman–Crippen LogP) is 2.05. The fourth-order valence-electron chi connectivity index (χ4n) is 3.20. The molecule has 2 atom stereocenters. The highest BCUT2D eigenvalue weighted by molar-refractivity contribution is 5.76. The zero-order chi connectivity index (χ0) is 14.4. The average molecular weight is 283 g/mol. The summed E-state index contributed by atoms with van der Waals surface area (Å²) < 4.78 is 5.33. The number of carboxylic acids is 1. The molecule has 5 heteroatoms. The topological polar surface area (TPSA) is 66.8 Å². The van der Waals surface area contributed by atoms with E-state index in [-0.39, 0.29) is 18.4 Å². The summed E-state index contributed by atoms with van der Waals surface area (Å²) in [6.45, 7) is 2.41. The van der Waals surface area contributed by atoms with Crippen molar-refractivity contribution in [3.05, 3.63) is 0 Å². The minimum atomic E-state index is -0.772. The van der Waals surface area contributed by atoms with Crippen molar-refractivity contribution in [1.82, 2.24) is 4.90 Å². The van der Waals surface area contributed by atoms with Gasteiger partial charge in [0, 0.05) is 38.6 Å². The Balaban J connectivity index is 1.79. The number of hydrogen-bond acceptors (Lipinski definition) is 3. The molecule has 114 valence electrons. The minimum absolute atomic E-state index is 0.132. The fraction of sp³-hybridized carbons (Fsp3) is 0.867. The van der Waals surface area contributed by atoms with Gasteiger partial charge in [0.15, 0.2) is 0 Å². The summed E-state index contributed by atoms with van der Waals surface area (Å²) in [6, 6.07) is 0.132.